The van der Waals surface area contributed by atoms with Crippen molar-refractivity contribution in [1.82, 2.24) is 4.98 Å². The summed E-state index contributed by atoms with van der Waals surface area (Å²) < 4.78 is 12.9. The molecule has 0 fully saturated rings. The van der Waals surface area contributed by atoms with Crippen molar-refractivity contribution in [3.05, 3.63) is 59.7 Å². The van der Waals surface area contributed by atoms with Gasteiger partial charge in [0.2, 0.25) is 0 Å². The number of hydrogen-bond donors (Lipinski definition) is 1. The van der Waals surface area contributed by atoms with Gasteiger partial charge in [-0.1, -0.05) is 0 Å². The first-order valence-electron chi connectivity index (χ1n) is 4.67. The molecule has 2 N–H and O–H groups in total. The molecular formula is C12H9FN2O. The zero-order chi connectivity index (χ0) is 11.5. The lowest BCUT2D eigenvalue weighted by molar-refractivity contribution is 0.103. The first kappa shape index (κ1) is 10.3. The highest BCUT2D eigenvalue weighted by molar-refractivity contribution is 6.08. The molecule has 0 spiro atoms. The highest BCUT2D eigenvalue weighted by Gasteiger charge is 2.09. The van der Waals surface area contributed by atoms with Gasteiger partial charge in [0.25, 0.3) is 0 Å². The van der Waals surface area contributed by atoms with Crippen LogP contribution in [0.15, 0.2) is 42.7 Å². The Morgan fingerprint density at radius 3 is 2.44 bits per heavy atom. The van der Waals surface area contributed by atoms with Crippen LogP contribution in [0.4, 0.5) is 10.1 Å². The number of carbonyl (C=O) groups is 1. The van der Waals surface area contributed by atoms with Crippen LogP contribution < -0.4 is 5.73 Å². The van der Waals surface area contributed by atoms with E-state index in [0.29, 0.717) is 11.3 Å². The van der Waals surface area contributed by atoms with Crippen LogP contribution in [-0.4, -0.2) is 10.8 Å². The van der Waals surface area contributed by atoms with E-state index in [1.807, 2.05) is 0 Å². The quantitative estimate of drug-likeness (QED) is 0.617. The summed E-state index contributed by atoms with van der Waals surface area (Å²) in [5.41, 5.74) is 6.77. The van der Waals surface area contributed by atoms with Crippen molar-refractivity contribution < 1.29 is 9.18 Å². The maximum absolute atomic E-state index is 12.9. The van der Waals surface area contributed by atoms with Crippen LogP contribution >= 0.6 is 0 Å². The summed E-state index contributed by atoms with van der Waals surface area (Å²) in [7, 11) is 0. The van der Waals surface area contributed by atoms with Gasteiger partial charge in [0.05, 0.1) is 6.20 Å². The van der Waals surface area contributed by atoms with Crippen molar-refractivity contribution in [2.45, 2.75) is 0 Å². The van der Waals surface area contributed by atoms with Gasteiger partial charge in [0.1, 0.15) is 5.82 Å². The Bertz CT molecular complexity index is 523. The fourth-order valence-electron chi connectivity index (χ4n) is 1.34. The van der Waals surface area contributed by atoms with Crippen molar-refractivity contribution in [2.24, 2.45) is 0 Å². The summed E-state index contributed by atoms with van der Waals surface area (Å²) in [4.78, 5) is 15.5. The predicted molar refractivity (Wildman–Crippen MR) is 58.5 cm³/mol. The van der Waals surface area contributed by atoms with Crippen LogP contribution in [0, 0.1) is 5.82 Å². The highest BCUT2D eigenvalue weighted by atomic mass is 19.1. The SMILES string of the molecule is Nc1ccc(C(=O)c2cncc(F)c2)cc1. The van der Waals surface area contributed by atoms with Gasteiger partial charge >= 0.3 is 0 Å². The number of nitrogens with two attached hydrogens (primary N) is 1. The standard InChI is InChI=1S/C12H9FN2O/c13-10-5-9(6-15-7-10)12(16)8-1-3-11(14)4-2-8/h1-7H,14H2. The summed E-state index contributed by atoms with van der Waals surface area (Å²) in [5, 5.41) is 0. The molecule has 80 valence electrons. The number of benzene rings is 1. The third-order valence-electron chi connectivity index (χ3n) is 2.14. The summed E-state index contributed by atoms with van der Waals surface area (Å²) in [5.74, 6) is -0.798. The molecule has 0 unspecified atom stereocenters. The van der Waals surface area contributed by atoms with Crippen LogP contribution in [0.3, 0.4) is 0 Å². The Hall–Kier alpha value is -2.23. The van der Waals surface area contributed by atoms with Crippen molar-refractivity contribution in [3.63, 3.8) is 0 Å². The molecule has 0 radical (unpaired) electrons. The molecule has 0 aliphatic heterocycles. The molecule has 3 nitrogen and oxygen atoms in total. The third kappa shape index (κ3) is 2.06. The Morgan fingerprint density at radius 2 is 1.81 bits per heavy atom. The van der Waals surface area contributed by atoms with E-state index < -0.39 is 5.82 Å². The molecule has 16 heavy (non-hydrogen) atoms. The largest absolute Gasteiger partial charge is 0.399 e. The van der Waals surface area contributed by atoms with Gasteiger partial charge in [-0.3, -0.25) is 9.78 Å². The molecule has 4 heteroatoms. The van der Waals surface area contributed by atoms with Crippen LogP contribution in [-0.2, 0) is 0 Å². The van der Waals surface area contributed by atoms with Crippen molar-refractivity contribution >= 4 is 11.5 Å². The number of nitrogen functional groups attached to an aromatic ring is 1. The lowest BCUT2D eigenvalue weighted by Crippen LogP contribution is -2.02. The monoisotopic (exact) mass is 216 g/mol. The van der Waals surface area contributed by atoms with E-state index >= 15 is 0 Å². The van der Waals surface area contributed by atoms with Crippen LogP contribution in [0.2, 0.25) is 0 Å². The molecule has 0 atom stereocenters. The maximum Gasteiger partial charge on any atom is 0.194 e. The van der Waals surface area contributed by atoms with Gasteiger partial charge in [-0.15, -0.1) is 0 Å². The van der Waals surface area contributed by atoms with Gasteiger partial charge in [-0.25, -0.2) is 4.39 Å². The number of pyridine rings is 1. The van der Waals surface area contributed by atoms with E-state index in [1.165, 1.54) is 6.20 Å². The predicted octanol–water partition coefficient (Wildman–Crippen LogP) is 2.03. The van der Waals surface area contributed by atoms with Gasteiger partial charge in [-0.05, 0) is 30.3 Å². The number of rotatable bonds is 2. The first-order valence-corrected chi connectivity index (χ1v) is 4.67. The van der Waals surface area contributed by atoms with Gasteiger partial charge < -0.3 is 5.73 Å². The normalized spacial score (nSPS) is 10.1. The fraction of sp³-hybridized carbons (Fsp3) is 0. The number of nitrogens with zero attached hydrogens (tertiary/aromatic N) is 1. The topological polar surface area (TPSA) is 56.0 Å². The molecule has 0 amide bonds. The molecule has 0 aliphatic rings. The minimum Gasteiger partial charge on any atom is -0.399 e. The van der Waals surface area contributed by atoms with E-state index in [-0.39, 0.29) is 11.3 Å². The average Bonchev–Trinajstić information content (AvgIpc) is 2.29. The van der Waals surface area contributed by atoms with E-state index in [9.17, 15) is 9.18 Å². The Balaban J connectivity index is 2.35. The second-order valence-electron chi connectivity index (χ2n) is 3.34. The Labute approximate surface area is 91.7 Å². The van der Waals surface area contributed by atoms with Gasteiger partial charge in [0.15, 0.2) is 5.78 Å². The molecule has 1 aromatic heterocycles. The second kappa shape index (κ2) is 4.10. The molecule has 0 bridgehead atoms. The Kier molecular flexibility index (Phi) is 2.64. The van der Waals surface area contributed by atoms with E-state index in [1.54, 1.807) is 24.3 Å². The lowest BCUT2D eigenvalue weighted by atomic mass is 10.0. The smallest absolute Gasteiger partial charge is 0.194 e. The van der Waals surface area contributed by atoms with Crippen LogP contribution in [0.1, 0.15) is 15.9 Å². The number of carbonyl (C=O) groups excluding carboxylic acids is 1. The molecule has 0 saturated carbocycles. The number of aromatic nitrogens is 1. The third-order valence-corrected chi connectivity index (χ3v) is 2.14. The molecule has 1 heterocycles. The number of hydrogen-bond acceptors (Lipinski definition) is 3. The highest BCUT2D eigenvalue weighted by Crippen LogP contribution is 2.11. The van der Waals surface area contributed by atoms with E-state index in [4.69, 9.17) is 5.73 Å². The molecule has 0 aliphatic carbocycles. The zero-order valence-corrected chi connectivity index (χ0v) is 8.35. The van der Waals surface area contributed by atoms with E-state index in [2.05, 4.69) is 4.98 Å². The summed E-state index contributed by atoms with van der Waals surface area (Å²) in [6, 6.07) is 7.61. The number of ketones is 1. The van der Waals surface area contributed by atoms with Gasteiger partial charge in [0, 0.05) is 23.0 Å². The minimum atomic E-state index is -0.527. The van der Waals surface area contributed by atoms with Crippen LogP contribution in [0.25, 0.3) is 0 Å². The molecule has 2 aromatic rings. The lowest BCUT2D eigenvalue weighted by Gasteiger charge is -2.01. The second-order valence-corrected chi connectivity index (χ2v) is 3.34. The summed E-state index contributed by atoms with van der Waals surface area (Å²) >= 11 is 0. The van der Waals surface area contributed by atoms with Crippen molar-refractivity contribution in [3.8, 4) is 0 Å². The summed E-state index contributed by atoms with van der Waals surface area (Å²) in [6.07, 6.45) is 2.39. The molecule has 2 rings (SSSR count). The number of halogens is 1. The summed E-state index contributed by atoms with van der Waals surface area (Å²) in [6.45, 7) is 0. The Morgan fingerprint density at radius 1 is 1.12 bits per heavy atom. The van der Waals surface area contributed by atoms with E-state index in [0.717, 1.165) is 12.3 Å². The molecule has 1 aromatic carbocycles. The number of anilines is 1. The van der Waals surface area contributed by atoms with Crippen molar-refractivity contribution in [2.75, 3.05) is 5.73 Å². The van der Waals surface area contributed by atoms with Crippen molar-refractivity contribution in [1.29, 1.82) is 0 Å². The minimum absolute atomic E-state index is 0.227. The van der Waals surface area contributed by atoms with Crippen LogP contribution in [0.5, 0.6) is 0 Å². The molecule has 0 saturated heterocycles. The van der Waals surface area contributed by atoms with Gasteiger partial charge in [-0.2, -0.15) is 0 Å². The first-order chi connectivity index (χ1) is 7.66. The average molecular weight is 216 g/mol. The fourth-order valence-corrected chi connectivity index (χ4v) is 1.34. The maximum atomic E-state index is 12.9. The molecular weight excluding hydrogens is 207 g/mol. The zero-order valence-electron chi connectivity index (χ0n) is 8.35.